The molecule has 21 heavy (non-hydrogen) atoms. The van der Waals surface area contributed by atoms with Gasteiger partial charge in [-0.25, -0.2) is 9.67 Å². The molecular formula is C14H21ClN4O2. The van der Waals surface area contributed by atoms with Gasteiger partial charge in [-0.2, -0.15) is 5.10 Å². The molecule has 3 heterocycles. The van der Waals surface area contributed by atoms with Crippen LogP contribution < -0.4 is 0 Å². The summed E-state index contributed by atoms with van der Waals surface area (Å²) in [5.74, 6) is 1.23. The number of halogens is 1. The van der Waals surface area contributed by atoms with E-state index >= 15 is 0 Å². The van der Waals surface area contributed by atoms with Crippen LogP contribution in [0.2, 0.25) is 0 Å². The fourth-order valence-corrected chi connectivity index (χ4v) is 3.19. The van der Waals surface area contributed by atoms with Crippen LogP contribution in [0.3, 0.4) is 0 Å². The van der Waals surface area contributed by atoms with Crippen molar-refractivity contribution in [3.8, 4) is 0 Å². The Kier molecular flexibility index (Phi) is 3.94. The number of aromatic nitrogens is 4. The highest BCUT2D eigenvalue weighted by Gasteiger charge is 2.37. The number of ether oxygens (including phenoxy) is 2. The highest BCUT2D eigenvalue weighted by molar-refractivity contribution is 6.16. The van der Waals surface area contributed by atoms with E-state index in [1.165, 1.54) is 0 Å². The Hall–Kier alpha value is -1.11. The molecule has 1 unspecified atom stereocenters. The molecule has 116 valence electrons. The minimum Gasteiger partial charge on any atom is -0.378 e. The number of imidazole rings is 1. The zero-order chi connectivity index (χ0) is 15.0. The second-order valence-electron chi connectivity index (χ2n) is 5.51. The SMILES string of the molecule is CCn1nc(C)c2nc(CCl)n(CC3(OC)CCOC3)c21. The fraction of sp³-hybridized carbons (Fsp3) is 0.714. The van der Waals surface area contributed by atoms with Gasteiger partial charge in [-0.15, -0.1) is 11.6 Å². The van der Waals surface area contributed by atoms with E-state index in [0.29, 0.717) is 19.0 Å². The molecule has 2 aromatic heterocycles. The molecule has 0 spiro atoms. The third-order valence-electron chi connectivity index (χ3n) is 4.24. The van der Waals surface area contributed by atoms with E-state index in [4.69, 9.17) is 21.1 Å². The van der Waals surface area contributed by atoms with Crippen molar-refractivity contribution in [2.75, 3.05) is 20.3 Å². The standard InChI is InChI=1S/C14H21ClN4O2/c1-4-19-13-12(10(2)17-19)16-11(7-15)18(13)8-14(20-3)5-6-21-9-14/h4-9H2,1-3H3. The first-order chi connectivity index (χ1) is 10.1. The number of alkyl halides is 1. The van der Waals surface area contributed by atoms with Crippen LogP contribution in [-0.2, 0) is 28.4 Å². The maximum absolute atomic E-state index is 6.10. The molecule has 7 heteroatoms. The van der Waals surface area contributed by atoms with Crippen LogP contribution in [0, 0.1) is 6.92 Å². The Labute approximate surface area is 129 Å². The van der Waals surface area contributed by atoms with E-state index in [9.17, 15) is 0 Å². The molecule has 3 rings (SSSR count). The van der Waals surface area contributed by atoms with E-state index in [2.05, 4.69) is 21.6 Å². The molecule has 1 aliphatic heterocycles. The molecule has 0 radical (unpaired) electrons. The Balaban J connectivity index is 2.11. The van der Waals surface area contributed by atoms with Crippen LogP contribution in [-0.4, -0.2) is 45.3 Å². The number of nitrogens with zero attached hydrogens (tertiary/aromatic N) is 4. The first kappa shape index (κ1) is 14.8. The number of rotatable bonds is 5. The molecule has 0 amide bonds. The Bertz CT molecular complexity index is 643. The lowest BCUT2D eigenvalue weighted by Gasteiger charge is -2.27. The lowest BCUT2D eigenvalue weighted by Crippen LogP contribution is -2.37. The number of aryl methyl sites for hydroxylation is 2. The van der Waals surface area contributed by atoms with E-state index in [-0.39, 0.29) is 5.60 Å². The van der Waals surface area contributed by atoms with Gasteiger partial charge >= 0.3 is 0 Å². The van der Waals surface area contributed by atoms with E-state index < -0.39 is 0 Å². The lowest BCUT2D eigenvalue weighted by atomic mass is 10.0. The van der Waals surface area contributed by atoms with Crippen LogP contribution in [0.1, 0.15) is 24.9 Å². The minimum atomic E-state index is -0.300. The topological polar surface area (TPSA) is 54.1 Å². The van der Waals surface area contributed by atoms with Gasteiger partial charge in [0.1, 0.15) is 16.9 Å². The van der Waals surface area contributed by atoms with Gasteiger partial charge < -0.3 is 14.0 Å². The van der Waals surface area contributed by atoms with Crippen LogP contribution in [0.4, 0.5) is 0 Å². The highest BCUT2D eigenvalue weighted by atomic mass is 35.5. The van der Waals surface area contributed by atoms with Crippen molar-refractivity contribution in [2.45, 2.75) is 44.8 Å². The minimum absolute atomic E-state index is 0.300. The third kappa shape index (κ3) is 2.35. The monoisotopic (exact) mass is 312 g/mol. The largest absolute Gasteiger partial charge is 0.378 e. The predicted octanol–water partition coefficient (Wildman–Crippen LogP) is 2.11. The number of hydrogen-bond donors (Lipinski definition) is 0. The molecule has 6 nitrogen and oxygen atoms in total. The smallest absolute Gasteiger partial charge is 0.159 e. The van der Waals surface area contributed by atoms with Crippen molar-refractivity contribution in [2.24, 2.45) is 0 Å². The maximum Gasteiger partial charge on any atom is 0.159 e. The van der Waals surface area contributed by atoms with Crippen LogP contribution >= 0.6 is 11.6 Å². The molecule has 0 bridgehead atoms. The average molecular weight is 313 g/mol. The Morgan fingerprint density at radius 2 is 2.29 bits per heavy atom. The van der Waals surface area contributed by atoms with Crippen molar-refractivity contribution in [3.05, 3.63) is 11.5 Å². The normalized spacial score (nSPS) is 22.5. The Morgan fingerprint density at radius 3 is 2.86 bits per heavy atom. The van der Waals surface area contributed by atoms with Gasteiger partial charge in [-0.05, 0) is 13.8 Å². The first-order valence-electron chi connectivity index (χ1n) is 7.25. The number of hydrogen-bond acceptors (Lipinski definition) is 4. The summed E-state index contributed by atoms with van der Waals surface area (Å²) in [7, 11) is 1.74. The van der Waals surface area contributed by atoms with Crippen molar-refractivity contribution >= 4 is 22.8 Å². The second kappa shape index (κ2) is 5.59. The molecule has 0 saturated carbocycles. The van der Waals surface area contributed by atoms with Gasteiger partial charge in [0.15, 0.2) is 5.65 Å². The summed E-state index contributed by atoms with van der Waals surface area (Å²) in [5.41, 5.74) is 2.59. The zero-order valence-electron chi connectivity index (χ0n) is 12.7. The third-order valence-corrected chi connectivity index (χ3v) is 4.48. The molecule has 0 N–H and O–H groups in total. The van der Waals surface area contributed by atoms with Crippen molar-refractivity contribution < 1.29 is 9.47 Å². The molecule has 1 fully saturated rings. The van der Waals surface area contributed by atoms with Crippen LogP contribution in [0.5, 0.6) is 0 Å². The van der Waals surface area contributed by atoms with Crippen molar-refractivity contribution in [3.63, 3.8) is 0 Å². The van der Waals surface area contributed by atoms with Gasteiger partial charge in [0.2, 0.25) is 0 Å². The van der Waals surface area contributed by atoms with Gasteiger partial charge in [0.25, 0.3) is 0 Å². The first-order valence-corrected chi connectivity index (χ1v) is 7.79. The number of fused-ring (bicyclic) bond motifs is 1. The summed E-state index contributed by atoms with van der Waals surface area (Å²) >= 11 is 6.10. The summed E-state index contributed by atoms with van der Waals surface area (Å²) < 4.78 is 15.4. The average Bonchev–Trinajstić information content (AvgIpc) is 3.17. The molecule has 2 aromatic rings. The van der Waals surface area contributed by atoms with Gasteiger partial charge in [0.05, 0.1) is 24.7 Å². The molecular weight excluding hydrogens is 292 g/mol. The van der Waals surface area contributed by atoms with Crippen molar-refractivity contribution in [1.29, 1.82) is 0 Å². The second-order valence-corrected chi connectivity index (χ2v) is 5.78. The maximum atomic E-state index is 6.10. The zero-order valence-corrected chi connectivity index (χ0v) is 13.5. The summed E-state index contributed by atoms with van der Waals surface area (Å²) in [6, 6.07) is 0. The molecule has 0 aliphatic carbocycles. The highest BCUT2D eigenvalue weighted by Crippen LogP contribution is 2.29. The van der Waals surface area contributed by atoms with Crippen LogP contribution in [0.25, 0.3) is 11.2 Å². The lowest BCUT2D eigenvalue weighted by molar-refractivity contribution is -0.0293. The van der Waals surface area contributed by atoms with Crippen LogP contribution in [0.15, 0.2) is 0 Å². The fourth-order valence-electron chi connectivity index (χ4n) is 2.99. The number of methoxy groups -OCH3 is 1. The quantitative estimate of drug-likeness (QED) is 0.793. The summed E-state index contributed by atoms with van der Waals surface area (Å²) in [5, 5.41) is 4.55. The molecule has 1 saturated heterocycles. The predicted molar refractivity (Wildman–Crippen MR) is 80.7 cm³/mol. The van der Waals surface area contributed by atoms with E-state index in [0.717, 1.165) is 42.3 Å². The van der Waals surface area contributed by atoms with E-state index in [1.54, 1.807) is 7.11 Å². The summed E-state index contributed by atoms with van der Waals surface area (Å²) in [6.45, 7) is 6.88. The molecule has 0 aromatic carbocycles. The van der Waals surface area contributed by atoms with Crippen molar-refractivity contribution in [1.82, 2.24) is 19.3 Å². The summed E-state index contributed by atoms with van der Waals surface area (Å²) in [6.07, 6.45) is 0.879. The van der Waals surface area contributed by atoms with Gasteiger partial charge in [0, 0.05) is 26.7 Å². The summed E-state index contributed by atoms with van der Waals surface area (Å²) in [4.78, 5) is 4.66. The van der Waals surface area contributed by atoms with E-state index in [1.807, 2.05) is 11.6 Å². The van der Waals surface area contributed by atoms with Gasteiger partial charge in [-0.1, -0.05) is 0 Å². The van der Waals surface area contributed by atoms with Gasteiger partial charge in [-0.3, -0.25) is 0 Å². The molecule has 1 atom stereocenters. The Morgan fingerprint density at radius 1 is 1.48 bits per heavy atom. The molecule has 1 aliphatic rings.